The maximum absolute atomic E-state index is 12.5. The quantitative estimate of drug-likeness (QED) is 0.538. The fourth-order valence-corrected chi connectivity index (χ4v) is 3.24. The highest BCUT2D eigenvalue weighted by Gasteiger charge is 2.21. The fourth-order valence-electron chi connectivity index (χ4n) is 2.98. The van der Waals surface area contributed by atoms with Crippen LogP contribution in [0.2, 0.25) is 5.02 Å². The predicted octanol–water partition coefficient (Wildman–Crippen LogP) is 3.08. The molecule has 1 atom stereocenters. The molecule has 156 valence electrons. The highest BCUT2D eigenvalue weighted by molar-refractivity contribution is 6.31. The highest BCUT2D eigenvalue weighted by atomic mass is 35.5. The number of carbonyl (C=O) groups is 2. The molecule has 0 aliphatic rings. The minimum Gasteiger partial charge on any atom is -0.469 e. The molecule has 3 aromatic rings. The van der Waals surface area contributed by atoms with Crippen molar-refractivity contribution in [2.75, 3.05) is 7.11 Å². The SMILES string of the molecule is COC(=O)CC(NC(=O)NCc1cccc(Cn2cncn2)c1)c1ccccc1Cl. The Balaban J connectivity index is 1.61. The maximum Gasteiger partial charge on any atom is 0.315 e. The van der Waals surface area contributed by atoms with E-state index in [0.29, 0.717) is 23.7 Å². The van der Waals surface area contributed by atoms with Crippen molar-refractivity contribution in [1.29, 1.82) is 0 Å². The van der Waals surface area contributed by atoms with E-state index >= 15 is 0 Å². The van der Waals surface area contributed by atoms with Crippen LogP contribution in [0, 0.1) is 0 Å². The van der Waals surface area contributed by atoms with Crippen molar-refractivity contribution in [3.63, 3.8) is 0 Å². The van der Waals surface area contributed by atoms with Crippen LogP contribution >= 0.6 is 11.6 Å². The monoisotopic (exact) mass is 427 g/mol. The second-order valence-electron chi connectivity index (χ2n) is 6.59. The maximum atomic E-state index is 12.5. The number of halogens is 1. The molecule has 0 radical (unpaired) electrons. The van der Waals surface area contributed by atoms with Gasteiger partial charge in [-0.2, -0.15) is 5.10 Å². The molecule has 0 saturated heterocycles. The standard InChI is InChI=1S/C21H22ClN5O3/c1-30-20(28)10-19(17-7-2-3-8-18(17)22)26-21(29)24-11-15-5-4-6-16(9-15)12-27-14-23-13-25-27/h2-9,13-14,19H,10-12H2,1H3,(H2,24,26,29). The van der Waals surface area contributed by atoms with Gasteiger partial charge in [-0.05, 0) is 22.8 Å². The number of urea groups is 1. The summed E-state index contributed by atoms with van der Waals surface area (Å²) in [5.41, 5.74) is 2.62. The van der Waals surface area contributed by atoms with Gasteiger partial charge in [0, 0.05) is 11.6 Å². The summed E-state index contributed by atoms with van der Waals surface area (Å²) in [6.07, 6.45) is 3.11. The molecule has 1 heterocycles. The molecule has 0 bridgehead atoms. The lowest BCUT2D eigenvalue weighted by molar-refractivity contribution is -0.141. The van der Waals surface area contributed by atoms with Gasteiger partial charge in [0.1, 0.15) is 12.7 Å². The molecule has 3 rings (SSSR count). The van der Waals surface area contributed by atoms with E-state index in [-0.39, 0.29) is 6.42 Å². The van der Waals surface area contributed by atoms with E-state index in [0.717, 1.165) is 11.1 Å². The Morgan fingerprint density at radius 2 is 1.97 bits per heavy atom. The van der Waals surface area contributed by atoms with E-state index in [9.17, 15) is 9.59 Å². The van der Waals surface area contributed by atoms with Crippen LogP contribution < -0.4 is 10.6 Å². The topological polar surface area (TPSA) is 98.1 Å². The van der Waals surface area contributed by atoms with E-state index in [1.54, 1.807) is 35.3 Å². The van der Waals surface area contributed by atoms with Crippen LogP contribution in [0.4, 0.5) is 4.79 Å². The van der Waals surface area contributed by atoms with E-state index in [4.69, 9.17) is 16.3 Å². The van der Waals surface area contributed by atoms with Crippen LogP contribution in [0.5, 0.6) is 0 Å². The Bertz CT molecular complexity index is 994. The molecule has 30 heavy (non-hydrogen) atoms. The lowest BCUT2D eigenvalue weighted by atomic mass is 10.0. The van der Waals surface area contributed by atoms with Crippen LogP contribution in [0.25, 0.3) is 0 Å². The molecule has 1 aromatic heterocycles. The summed E-state index contributed by atoms with van der Waals surface area (Å²) in [6.45, 7) is 0.915. The number of esters is 1. The summed E-state index contributed by atoms with van der Waals surface area (Å²) in [6, 6.07) is 13.9. The van der Waals surface area contributed by atoms with Gasteiger partial charge < -0.3 is 15.4 Å². The van der Waals surface area contributed by atoms with Gasteiger partial charge in [-0.3, -0.25) is 4.79 Å². The fraction of sp³-hybridized carbons (Fsp3) is 0.238. The van der Waals surface area contributed by atoms with Crippen LogP contribution in [0.1, 0.15) is 29.2 Å². The van der Waals surface area contributed by atoms with Gasteiger partial charge in [-0.15, -0.1) is 0 Å². The van der Waals surface area contributed by atoms with Crippen LogP contribution in [0.3, 0.4) is 0 Å². The summed E-state index contributed by atoms with van der Waals surface area (Å²) >= 11 is 6.24. The summed E-state index contributed by atoms with van der Waals surface area (Å²) in [5, 5.41) is 10.2. The zero-order valence-corrected chi connectivity index (χ0v) is 17.2. The number of hydrogen-bond acceptors (Lipinski definition) is 5. The minimum atomic E-state index is -0.607. The van der Waals surface area contributed by atoms with Crippen molar-refractivity contribution in [3.8, 4) is 0 Å². The first-order valence-electron chi connectivity index (χ1n) is 9.31. The first-order chi connectivity index (χ1) is 14.5. The Hall–Kier alpha value is -3.39. The van der Waals surface area contributed by atoms with Gasteiger partial charge in [0.05, 0.1) is 26.1 Å². The smallest absolute Gasteiger partial charge is 0.315 e. The molecule has 0 aliphatic heterocycles. The Kier molecular flexibility index (Phi) is 7.40. The molecule has 0 saturated carbocycles. The van der Waals surface area contributed by atoms with Crippen molar-refractivity contribution in [2.24, 2.45) is 0 Å². The Labute approximate surface area is 179 Å². The van der Waals surface area contributed by atoms with Gasteiger partial charge in [0.15, 0.2) is 0 Å². The Morgan fingerprint density at radius 1 is 1.17 bits per heavy atom. The van der Waals surface area contributed by atoms with E-state index < -0.39 is 18.0 Å². The van der Waals surface area contributed by atoms with Crippen molar-refractivity contribution < 1.29 is 14.3 Å². The Morgan fingerprint density at radius 3 is 2.70 bits per heavy atom. The molecule has 9 heteroatoms. The number of amides is 2. The lowest BCUT2D eigenvalue weighted by Gasteiger charge is -2.20. The van der Waals surface area contributed by atoms with E-state index in [1.165, 1.54) is 13.4 Å². The van der Waals surface area contributed by atoms with Gasteiger partial charge in [0.25, 0.3) is 0 Å². The van der Waals surface area contributed by atoms with Crippen molar-refractivity contribution in [1.82, 2.24) is 25.4 Å². The lowest BCUT2D eigenvalue weighted by Crippen LogP contribution is -2.38. The summed E-state index contributed by atoms with van der Waals surface area (Å²) in [4.78, 5) is 28.2. The van der Waals surface area contributed by atoms with E-state index in [2.05, 4.69) is 20.7 Å². The largest absolute Gasteiger partial charge is 0.469 e. The molecule has 8 nitrogen and oxygen atoms in total. The number of hydrogen-bond donors (Lipinski definition) is 2. The molecule has 2 N–H and O–H groups in total. The predicted molar refractivity (Wildman–Crippen MR) is 112 cm³/mol. The number of aromatic nitrogens is 3. The molecular weight excluding hydrogens is 406 g/mol. The molecule has 2 amide bonds. The first-order valence-corrected chi connectivity index (χ1v) is 9.69. The molecule has 1 unspecified atom stereocenters. The summed E-state index contributed by atoms with van der Waals surface area (Å²) in [7, 11) is 1.30. The third kappa shape index (κ3) is 6.05. The average molecular weight is 428 g/mol. The second-order valence-corrected chi connectivity index (χ2v) is 7.00. The van der Waals surface area contributed by atoms with Gasteiger partial charge >= 0.3 is 12.0 Å². The third-order valence-corrected chi connectivity index (χ3v) is 4.78. The number of rotatable bonds is 8. The van der Waals surface area contributed by atoms with Crippen LogP contribution in [0.15, 0.2) is 61.2 Å². The van der Waals surface area contributed by atoms with Gasteiger partial charge in [-0.25, -0.2) is 14.5 Å². The number of benzene rings is 2. The number of methoxy groups -OCH3 is 1. The molecule has 0 fully saturated rings. The molecular formula is C21H22ClN5O3. The first kappa shape index (κ1) is 21.3. The van der Waals surface area contributed by atoms with Gasteiger partial charge in [0.2, 0.25) is 0 Å². The normalized spacial score (nSPS) is 11.5. The molecule has 0 aliphatic carbocycles. The van der Waals surface area contributed by atoms with Gasteiger partial charge in [-0.1, -0.05) is 54.1 Å². The van der Waals surface area contributed by atoms with Crippen molar-refractivity contribution >= 4 is 23.6 Å². The number of nitrogens with one attached hydrogen (secondary N) is 2. The molecule has 2 aromatic carbocycles. The zero-order chi connectivity index (χ0) is 21.3. The third-order valence-electron chi connectivity index (χ3n) is 4.44. The van der Waals surface area contributed by atoms with Crippen molar-refractivity contribution in [3.05, 3.63) is 82.9 Å². The van der Waals surface area contributed by atoms with Crippen LogP contribution in [-0.2, 0) is 22.6 Å². The number of carbonyl (C=O) groups excluding carboxylic acids is 2. The number of ether oxygens (including phenoxy) is 1. The minimum absolute atomic E-state index is 0.0267. The molecule has 0 spiro atoms. The summed E-state index contributed by atoms with van der Waals surface area (Å²) in [5.74, 6) is -0.443. The van der Waals surface area contributed by atoms with E-state index in [1.807, 2.05) is 24.3 Å². The second kappa shape index (κ2) is 10.4. The van der Waals surface area contributed by atoms with Crippen LogP contribution in [-0.4, -0.2) is 33.9 Å². The zero-order valence-electron chi connectivity index (χ0n) is 16.4. The summed E-state index contributed by atoms with van der Waals surface area (Å²) < 4.78 is 6.47. The van der Waals surface area contributed by atoms with Crippen molar-refractivity contribution in [2.45, 2.75) is 25.6 Å². The average Bonchev–Trinajstić information content (AvgIpc) is 3.25. The highest BCUT2D eigenvalue weighted by Crippen LogP contribution is 2.25. The number of nitrogens with zero attached hydrogens (tertiary/aromatic N) is 3.